The van der Waals surface area contributed by atoms with E-state index >= 15 is 0 Å². The van der Waals surface area contributed by atoms with Gasteiger partial charge in [-0.15, -0.1) is 0 Å². The summed E-state index contributed by atoms with van der Waals surface area (Å²) in [5.41, 5.74) is 0.326. The van der Waals surface area contributed by atoms with E-state index in [4.69, 9.17) is 15.8 Å². The fourth-order valence-electron chi connectivity index (χ4n) is 1.46. The van der Waals surface area contributed by atoms with Crippen molar-refractivity contribution in [2.24, 2.45) is 0 Å². The quantitative estimate of drug-likeness (QED) is 0.643. The van der Waals surface area contributed by atoms with Gasteiger partial charge in [0.2, 0.25) is 0 Å². The summed E-state index contributed by atoms with van der Waals surface area (Å²) in [6.07, 6.45) is 0.606. The van der Waals surface area contributed by atoms with Gasteiger partial charge in [0.15, 0.2) is 0 Å². The highest BCUT2D eigenvalue weighted by Gasteiger charge is 2.19. The Morgan fingerprint density at radius 2 is 1.79 bits per heavy atom. The van der Waals surface area contributed by atoms with Crippen LogP contribution in [0.15, 0.2) is 53.4 Å². The number of benzene rings is 2. The molecule has 0 fully saturated rings. The second-order valence-electron chi connectivity index (χ2n) is 3.66. The van der Waals surface area contributed by atoms with Gasteiger partial charge >= 0.3 is 10.1 Å². The van der Waals surface area contributed by atoms with Crippen LogP contribution in [0.25, 0.3) is 0 Å². The van der Waals surface area contributed by atoms with Crippen molar-refractivity contribution in [2.75, 3.05) is 0 Å². The van der Waals surface area contributed by atoms with Gasteiger partial charge in [0.1, 0.15) is 16.9 Å². The van der Waals surface area contributed by atoms with Crippen LogP contribution in [0.5, 0.6) is 5.75 Å². The SMILES string of the molecule is O=Cc1cccc(OS(=O)(=O)c2ccccc2Cl)c1. The maximum absolute atomic E-state index is 12.0. The summed E-state index contributed by atoms with van der Waals surface area (Å²) in [5.74, 6) is 0.0597. The lowest BCUT2D eigenvalue weighted by atomic mass is 10.2. The predicted octanol–water partition coefficient (Wildman–Crippen LogP) is 2.92. The maximum Gasteiger partial charge on any atom is 0.340 e. The first-order valence-corrected chi connectivity index (χ1v) is 7.06. The molecule has 2 rings (SSSR count). The van der Waals surface area contributed by atoms with Crippen LogP contribution in [0.3, 0.4) is 0 Å². The molecular weight excluding hydrogens is 288 g/mol. The molecule has 0 saturated carbocycles. The molecule has 0 bridgehead atoms. The second-order valence-corrected chi connectivity index (χ2v) is 5.58. The average Bonchev–Trinajstić information content (AvgIpc) is 2.38. The van der Waals surface area contributed by atoms with Crippen molar-refractivity contribution in [3.63, 3.8) is 0 Å². The van der Waals surface area contributed by atoms with Crippen molar-refractivity contribution in [3.05, 3.63) is 59.1 Å². The summed E-state index contributed by atoms with van der Waals surface area (Å²) in [7, 11) is -4.02. The van der Waals surface area contributed by atoms with Crippen molar-refractivity contribution in [3.8, 4) is 5.75 Å². The molecule has 0 aliphatic heterocycles. The van der Waals surface area contributed by atoms with E-state index in [0.717, 1.165) is 0 Å². The molecule has 0 aromatic heterocycles. The van der Waals surface area contributed by atoms with E-state index in [0.29, 0.717) is 11.8 Å². The molecule has 0 saturated heterocycles. The molecule has 0 N–H and O–H groups in total. The highest BCUT2D eigenvalue weighted by atomic mass is 35.5. The summed E-state index contributed by atoms with van der Waals surface area (Å²) in [4.78, 5) is 10.5. The third-order valence-electron chi connectivity index (χ3n) is 2.31. The van der Waals surface area contributed by atoms with Crippen molar-refractivity contribution in [1.82, 2.24) is 0 Å². The molecule has 0 radical (unpaired) electrons. The lowest BCUT2D eigenvalue weighted by Gasteiger charge is -2.08. The van der Waals surface area contributed by atoms with Gasteiger partial charge in [-0.25, -0.2) is 0 Å². The Labute approximate surface area is 115 Å². The Balaban J connectivity index is 2.36. The van der Waals surface area contributed by atoms with Crippen LogP contribution >= 0.6 is 11.6 Å². The van der Waals surface area contributed by atoms with E-state index in [9.17, 15) is 13.2 Å². The van der Waals surface area contributed by atoms with Crippen molar-refractivity contribution < 1.29 is 17.4 Å². The molecule has 0 unspecified atom stereocenters. The number of aldehydes is 1. The molecule has 98 valence electrons. The van der Waals surface area contributed by atoms with Crippen LogP contribution in [0.2, 0.25) is 5.02 Å². The van der Waals surface area contributed by atoms with Crippen molar-refractivity contribution in [1.29, 1.82) is 0 Å². The van der Waals surface area contributed by atoms with E-state index in [-0.39, 0.29) is 15.7 Å². The maximum atomic E-state index is 12.0. The molecule has 2 aromatic carbocycles. The predicted molar refractivity (Wildman–Crippen MR) is 71.1 cm³/mol. The van der Waals surface area contributed by atoms with Gasteiger partial charge in [-0.3, -0.25) is 4.79 Å². The Morgan fingerprint density at radius 1 is 1.05 bits per heavy atom. The Bertz CT molecular complexity index is 710. The van der Waals surface area contributed by atoms with Crippen LogP contribution in [-0.2, 0) is 10.1 Å². The van der Waals surface area contributed by atoms with Gasteiger partial charge in [0.05, 0.1) is 5.02 Å². The van der Waals surface area contributed by atoms with Gasteiger partial charge < -0.3 is 4.18 Å². The zero-order chi connectivity index (χ0) is 13.9. The zero-order valence-corrected chi connectivity index (χ0v) is 11.2. The molecular formula is C13H9ClO4S. The number of hydrogen-bond acceptors (Lipinski definition) is 4. The molecule has 0 heterocycles. The summed E-state index contributed by atoms with van der Waals surface area (Å²) in [6.45, 7) is 0. The van der Waals surface area contributed by atoms with Gasteiger partial charge in [0.25, 0.3) is 0 Å². The smallest absolute Gasteiger partial charge is 0.340 e. The Hall–Kier alpha value is -1.85. The molecule has 0 aliphatic carbocycles. The second kappa shape index (κ2) is 5.42. The minimum absolute atomic E-state index is 0.0597. The fourth-order valence-corrected chi connectivity index (χ4v) is 2.88. The van der Waals surface area contributed by atoms with Crippen LogP contribution in [-0.4, -0.2) is 14.7 Å². The van der Waals surface area contributed by atoms with E-state index < -0.39 is 10.1 Å². The molecule has 0 aliphatic rings. The number of halogens is 1. The van der Waals surface area contributed by atoms with Crippen LogP contribution in [0.4, 0.5) is 0 Å². The first-order valence-electron chi connectivity index (χ1n) is 5.27. The minimum atomic E-state index is -4.02. The summed E-state index contributed by atoms with van der Waals surface area (Å²) in [5, 5.41) is 0.0778. The summed E-state index contributed by atoms with van der Waals surface area (Å²) >= 11 is 5.82. The number of hydrogen-bond donors (Lipinski definition) is 0. The molecule has 19 heavy (non-hydrogen) atoms. The highest BCUT2D eigenvalue weighted by Crippen LogP contribution is 2.24. The number of carbonyl (C=O) groups excluding carboxylic acids is 1. The third kappa shape index (κ3) is 3.13. The Morgan fingerprint density at radius 3 is 2.47 bits per heavy atom. The molecule has 6 heteroatoms. The van der Waals surface area contributed by atoms with Crippen molar-refractivity contribution >= 4 is 28.0 Å². The first-order chi connectivity index (χ1) is 9.03. The fraction of sp³-hybridized carbons (Fsp3) is 0. The normalized spacial score (nSPS) is 11.0. The molecule has 0 amide bonds. The van der Waals surface area contributed by atoms with E-state index in [1.54, 1.807) is 18.2 Å². The van der Waals surface area contributed by atoms with E-state index in [1.165, 1.54) is 30.3 Å². The molecule has 0 atom stereocenters. The van der Waals surface area contributed by atoms with Gasteiger partial charge in [0, 0.05) is 5.56 Å². The molecule has 4 nitrogen and oxygen atoms in total. The highest BCUT2D eigenvalue weighted by molar-refractivity contribution is 7.87. The van der Waals surface area contributed by atoms with Crippen LogP contribution in [0, 0.1) is 0 Å². The summed E-state index contributed by atoms with van der Waals surface area (Å²) < 4.78 is 29.0. The van der Waals surface area contributed by atoms with E-state index in [1.807, 2.05) is 0 Å². The van der Waals surface area contributed by atoms with Crippen LogP contribution < -0.4 is 4.18 Å². The average molecular weight is 297 g/mol. The first kappa shape index (κ1) is 13.6. The van der Waals surface area contributed by atoms with Crippen LogP contribution in [0.1, 0.15) is 10.4 Å². The number of rotatable bonds is 4. The zero-order valence-electron chi connectivity index (χ0n) is 9.62. The van der Waals surface area contributed by atoms with Crippen molar-refractivity contribution in [2.45, 2.75) is 4.90 Å². The largest absolute Gasteiger partial charge is 0.379 e. The third-order valence-corrected chi connectivity index (χ3v) is 4.05. The van der Waals surface area contributed by atoms with E-state index in [2.05, 4.69) is 0 Å². The van der Waals surface area contributed by atoms with Gasteiger partial charge in [-0.05, 0) is 24.3 Å². The monoisotopic (exact) mass is 296 g/mol. The van der Waals surface area contributed by atoms with Gasteiger partial charge in [-0.2, -0.15) is 8.42 Å². The molecule has 2 aromatic rings. The minimum Gasteiger partial charge on any atom is -0.379 e. The lowest BCUT2D eigenvalue weighted by Crippen LogP contribution is -2.10. The number of carbonyl (C=O) groups is 1. The Kier molecular flexibility index (Phi) is 3.87. The lowest BCUT2D eigenvalue weighted by molar-refractivity contribution is 0.112. The standard InChI is InChI=1S/C13H9ClO4S/c14-12-6-1-2-7-13(12)19(16,17)18-11-5-3-4-10(8-11)9-15/h1-9H. The van der Waals surface area contributed by atoms with Gasteiger partial charge in [-0.1, -0.05) is 35.9 Å². The topological polar surface area (TPSA) is 60.4 Å². The summed E-state index contributed by atoms with van der Waals surface area (Å²) in [6, 6.07) is 11.8. The molecule has 0 spiro atoms.